The molecule has 2 N–H and O–H groups in total. The summed E-state index contributed by atoms with van der Waals surface area (Å²) in [7, 11) is -0.981. The zero-order valence-electron chi connectivity index (χ0n) is 19.1. The van der Waals surface area contributed by atoms with Crippen LogP contribution in [0.5, 0.6) is 0 Å². The Morgan fingerprint density at radius 3 is 2.40 bits per heavy atom. The van der Waals surface area contributed by atoms with Crippen molar-refractivity contribution >= 4 is 40.0 Å². The maximum absolute atomic E-state index is 11.6. The van der Waals surface area contributed by atoms with E-state index in [2.05, 4.69) is 58.8 Å². The Kier molecular flexibility index (Phi) is 15.3. The topological polar surface area (TPSA) is 77.0 Å². The van der Waals surface area contributed by atoms with Crippen LogP contribution in [0.25, 0.3) is 0 Å². The molecule has 0 spiro atoms. The Bertz CT molecular complexity index is 701. The maximum atomic E-state index is 11.6. The summed E-state index contributed by atoms with van der Waals surface area (Å²) in [5.74, 6) is 0.785. The van der Waals surface area contributed by atoms with Crippen LogP contribution in [0, 0.1) is 0 Å². The summed E-state index contributed by atoms with van der Waals surface area (Å²) >= 11 is 0. The van der Waals surface area contributed by atoms with Crippen molar-refractivity contribution in [2.24, 2.45) is 4.99 Å². The highest BCUT2D eigenvalue weighted by molar-refractivity contribution is 14.0. The van der Waals surface area contributed by atoms with Gasteiger partial charge in [0.15, 0.2) is 5.96 Å². The number of hydrogen-bond acceptors (Lipinski definition) is 4. The minimum atomic E-state index is -3.13. The molecule has 0 aliphatic heterocycles. The van der Waals surface area contributed by atoms with Crippen molar-refractivity contribution in [2.45, 2.75) is 46.2 Å². The Morgan fingerprint density at radius 1 is 1.17 bits per heavy atom. The number of guanidine groups is 1. The molecule has 0 saturated carbocycles. The Balaban J connectivity index is 0.00000841. The third kappa shape index (κ3) is 12.1. The van der Waals surface area contributed by atoms with Crippen molar-refractivity contribution in [1.29, 1.82) is 0 Å². The third-order valence-electron chi connectivity index (χ3n) is 4.88. The molecule has 0 aliphatic rings. The van der Waals surface area contributed by atoms with E-state index in [9.17, 15) is 8.42 Å². The molecule has 0 radical (unpaired) electrons. The number of benzene rings is 1. The highest BCUT2D eigenvalue weighted by atomic mass is 127. The molecule has 1 aromatic carbocycles. The van der Waals surface area contributed by atoms with Gasteiger partial charge in [-0.3, -0.25) is 9.89 Å². The molecule has 0 aromatic heterocycles. The SMILES string of the molecule is CCNC(=NCCCN(CC)S(C)(=O)=O)NCCC(C)N(C)Cc1ccccc1.I. The van der Waals surface area contributed by atoms with E-state index in [4.69, 9.17) is 0 Å². The van der Waals surface area contributed by atoms with Gasteiger partial charge in [-0.2, -0.15) is 0 Å². The standard InChI is InChI=1S/C21H39N5O2S.HI/c1-6-22-21(23-15-11-17-26(7-2)29(5,27)28)24-16-14-19(3)25(4)18-20-12-9-8-10-13-20;/h8-10,12-13,19H,6-7,11,14-18H2,1-5H3,(H2,22,23,24);1H. The van der Waals surface area contributed by atoms with Crippen LogP contribution in [0.2, 0.25) is 0 Å². The lowest BCUT2D eigenvalue weighted by Crippen LogP contribution is -2.40. The van der Waals surface area contributed by atoms with Crippen molar-refractivity contribution in [3.05, 3.63) is 35.9 Å². The second kappa shape index (κ2) is 15.8. The first-order valence-electron chi connectivity index (χ1n) is 10.5. The summed E-state index contributed by atoms with van der Waals surface area (Å²) in [6.45, 7) is 10.3. The van der Waals surface area contributed by atoms with Crippen LogP contribution in [0.1, 0.15) is 39.2 Å². The minimum absolute atomic E-state index is 0. The lowest BCUT2D eigenvalue weighted by atomic mass is 10.1. The molecule has 1 atom stereocenters. The number of nitrogens with zero attached hydrogens (tertiary/aromatic N) is 3. The molecule has 0 heterocycles. The monoisotopic (exact) mass is 553 g/mol. The van der Waals surface area contributed by atoms with Crippen LogP contribution in [0.4, 0.5) is 0 Å². The fraction of sp³-hybridized carbons (Fsp3) is 0.667. The van der Waals surface area contributed by atoms with Crippen LogP contribution in [-0.4, -0.2) is 75.7 Å². The predicted molar refractivity (Wildman–Crippen MR) is 138 cm³/mol. The van der Waals surface area contributed by atoms with Crippen molar-refractivity contribution < 1.29 is 8.42 Å². The van der Waals surface area contributed by atoms with E-state index < -0.39 is 10.0 Å². The first-order valence-corrected chi connectivity index (χ1v) is 12.3. The third-order valence-corrected chi connectivity index (χ3v) is 6.26. The van der Waals surface area contributed by atoms with Gasteiger partial charge in [0, 0.05) is 45.3 Å². The summed E-state index contributed by atoms with van der Waals surface area (Å²) < 4.78 is 24.7. The molecular formula is C21H40IN5O2S. The molecule has 174 valence electrons. The molecule has 1 unspecified atom stereocenters. The second-order valence-electron chi connectivity index (χ2n) is 7.33. The number of halogens is 1. The molecule has 0 saturated heterocycles. The van der Waals surface area contributed by atoms with Gasteiger partial charge in [-0.15, -0.1) is 24.0 Å². The highest BCUT2D eigenvalue weighted by Crippen LogP contribution is 2.07. The Labute approximate surface area is 200 Å². The summed E-state index contributed by atoms with van der Waals surface area (Å²) in [6, 6.07) is 10.9. The molecule has 9 heteroatoms. The first-order chi connectivity index (χ1) is 13.8. The minimum Gasteiger partial charge on any atom is -0.357 e. The van der Waals surface area contributed by atoms with Crippen LogP contribution in [0.15, 0.2) is 35.3 Å². The second-order valence-corrected chi connectivity index (χ2v) is 9.32. The highest BCUT2D eigenvalue weighted by Gasteiger charge is 2.13. The molecular weight excluding hydrogens is 513 g/mol. The lowest BCUT2D eigenvalue weighted by molar-refractivity contribution is 0.238. The van der Waals surface area contributed by atoms with Crippen LogP contribution >= 0.6 is 24.0 Å². The number of aliphatic imine (C=N–C) groups is 1. The van der Waals surface area contributed by atoms with E-state index in [0.29, 0.717) is 32.1 Å². The quantitative estimate of drug-likeness (QED) is 0.170. The Hall–Kier alpha value is -0.910. The number of nitrogens with one attached hydrogen (secondary N) is 2. The summed E-state index contributed by atoms with van der Waals surface area (Å²) in [4.78, 5) is 6.92. The zero-order valence-corrected chi connectivity index (χ0v) is 22.2. The van der Waals surface area contributed by atoms with Crippen LogP contribution in [-0.2, 0) is 16.6 Å². The van der Waals surface area contributed by atoms with Gasteiger partial charge in [-0.25, -0.2) is 12.7 Å². The van der Waals surface area contributed by atoms with Gasteiger partial charge >= 0.3 is 0 Å². The van der Waals surface area contributed by atoms with Gasteiger partial charge in [-0.1, -0.05) is 37.3 Å². The zero-order chi connectivity index (χ0) is 21.7. The predicted octanol–water partition coefficient (Wildman–Crippen LogP) is 2.74. The molecule has 0 amide bonds. The van der Waals surface area contributed by atoms with Gasteiger partial charge in [-0.05, 0) is 39.3 Å². The summed E-state index contributed by atoms with van der Waals surface area (Å²) in [5.41, 5.74) is 1.32. The smallest absolute Gasteiger partial charge is 0.211 e. The molecule has 7 nitrogen and oxygen atoms in total. The molecule has 0 bridgehead atoms. The molecule has 1 aromatic rings. The van der Waals surface area contributed by atoms with Gasteiger partial charge in [0.25, 0.3) is 0 Å². The van der Waals surface area contributed by atoms with Crippen molar-refractivity contribution in [3.8, 4) is 0 Å². The largest absolute Gasteiger partial charge is 0.357 e. The van der Waals surface area contributed by atoms with E-state index in [1.807, 2.05) is 19.9 Å². The van der Waals surface area contributed by atoms with Crippen LogP contribution in [0.3, 0.4) is 0 Å². The molecule has 0 fully saturated rings. The molecule has 0 aliphatic carbocycles. The maximum Gasteiger partial charge on any atom is 0.211 e. The Morgan fingerprint density at radius 2 is 1.83 bits per heavy atom. The van der Waals surface area contributed by atoms with E-state index >= 15 is 0 Å². The first kappa shape index (κ1) is 29.1. The summed E-state index contributed by atoms with van der Waals surface area (Å²) in [6.07, 6.45) is 2.96. The fourth-order valence-electron chi connectivity index (χ4n) is 2.99. The average Bonchev–Trinajstić information content (AvgIpc) is 2.67. The lowest BCUT2D eigenvalue weighted by Gasteiger charge is -2.25. The molecule has 1 rings (SSSR count). The van der Waals surface area contributed by atoms with E-state index in [0.717, 1.165) is 32.0 Å². The average molecular weight is 554 g/mol. The fourth-order valence-corrected chi connectivity index (χ4v) is 3.91. The normalized spacial score (nSPS) is 13.2. The van der Waals surface area contributed by atoms with Gasteiger partial charge < -0.3 is 10.6 Å². The number of sulfonamides is 1. The van der Waals surface area contributed by atoms with Crippen molar-refractivity contribution in [3.63, 3.8) is 0 Å². The number of hydrogen-bond donors (Lipinski definition) is 2. The number of rotatable bonds is 13. The van der Waals surface area contributed by atoms with E-state index in [1.165, 1.54) is 16.1 Å². The van der Waals surface area contributed by atoms with E-state index in [1.54, 1.807) is 0 Å². The van der Waals surface area contributed by atoms with Gasteiger partial charge in [0.2, 0.25) is 10.0 Å². The summed E-state index contributed by atoms with van der Waals surface area (Å²) in [5, 5.41) is 6.63. The van der Waals surface area contributed by atoms with Crippen molar-refractivity contribution in [2.75, 3.05) is 46.0 Å². The van der Waals surface area contributed by atoms with Gasteiger partial charge in [0.05, 0.1) is 6.26 Å². The molecule has 30 heavy (non-hydrogen) atoms. The van der Waals surface area contributed by atoms with Crippen LogP contribution < -0.4 is 10.6 Å². The van der Waals surface area contributed by atoms with Gasteiger partial charge in [0.1, 0.15) is 0 Å². The van der Waals surface area contributed by atoms with E-state index in [-0.39, 0.29) is 24.0 Å². The van der Waals surface area contributed by atoms with Crippen molar-refractivity contribution in [1.82, 2.24) is 19.8 Å².